The number of nitrogens with one attached hydrogen (secondary N) is 4. The smallest absolute Gasteiger partial charge is 0.225 e. The highest BCUT2D eigenvalue weighted by Gasteiger charge is 2.42. The molecule has 2 amide bonds. The quantitative estimate of drug-likeness (QED) is 0.425. The third kappa shape index (κ3) is 5.87. The Hall–Kier alpha value is -2.16. The normalized spacial score (nSPS) is 36.8. The molecule has 0 spiro atoms. The summed E-state index contributed by atoms with van der Waals surface area (Å²) >= 11 is 0. The van der Waals surface area contributed by atoms with Gasteiger partial charge in [0.15, 0.2) is 0 Å². The molecule has 9 nitrogen and oxygen atoms in total. The average molecular weight is 501 g/mol. The lowest BCUT2D eigenvalue weighted by molar-refractivity contribution is -0.142. The van der Waals surface area contributed by atoms with Crippen molar-refractivity contribution in [3.63, 3.8) is 0 Å². The van der Waals surface area contributed by atoms with Gasteiger partial charge in [-0.2, -0.15) is 0 Å². The molecule has 0 aromatic carbocycles. The highest BCUT2D eigenvalue weighted by atomic mass is 16.5. The van der Waals surface area contributed by atoms with E-state index in [0.29, 0.717) is 11.8 Å². The van der Waals surface area contributed by atoms with E-state index in [1.807, 2.05) is 0 Å². The molecule has 5 rings (SSSR count). The van der Waals surface area contributed by atoms with Crippen molar-refractivity contribution in [1.29, 1.82) is 0 Å². The van der Waals surface area contributed by atoms with E-state index in [4.69, 9.17) is 4.74 Å². The fourth-order valence-electron chi connectivity index (χ4n) is 7.07. The predicted octanol–water partition coefficient (Wildman–Crippen LogP) is 1.77. The Bertz CT molecular complexity index is 778. The zero-order valence-electron chi connectivity index (χ0n) is 21.8. The van der Waals surface area contributed by atoms with Crippen molar-refractivity contribution in [2.75, 3.05) is 33.3 Å². The fourth-order valence-corrected chi connectivity index (χ4v) is 7.07. The lowest BCUT2D eigenvalue weighted by Crippen LogP contribution is -2.52. The van der Waals surface area contributed by atoms with Crippen LogP contribution in [0, 0.1) is 23.7 Å². The summed E-state index contributed by atoms with van der Waals surface area (Å²) in [5, 5.41) is 13.4. The summed E-state index contributed by atoms with van der Waals surface area (Å²) < 4.78 is 5.84. The number of hydrogen-bond donors (Lipinski definition) is 4. The molecular weight excluding hydrogens is 456 g/mol. The highest BCUT2D eigenvalue weighted by Crippen LogP contribution is 2.34. The number of amides is 2. The standard InChI is InChI=1S/C27H44N6O3/c1-36-23-21(26(34)32-19-9-5-17(6-10-19)24-28-13-14-29-24)3-2-4-22(23)27(35)33-20-11-7-18(8-12-20)25-30-15-16-31-25/h17-23H,2-16H2,1H3,(H,28,29)(H,30,31)(H,32,34)(H,33,35). The van der Waals surface area contributed by atoms with E-state index in [0.717, 1.165) is 108 Å². The van der Waals surface area contributed by atoms with E-state index >= 15 is 0 Å². The molecule has 0 radical (unpaired) electrons. The molecule has 5 aliphatic rings. The van der Waals surface area contributed by atoms with Crippen molar-refractivity contribution >= 4 is 23.5 Å². The molecule has 0 saturated heterocycles. The van der Waals surface area contributed by atoms with Gasteiger partial charge in [-0.05, 0) is 64.2 Å². The van der Waals surface area contributed by atoms with Gasteiger partial charge in [0.2, 0.25) is 11.8 Å². The minimum Gasteiger partial charge on any atom is -0.380 e. The van der Waals surface area contributed by atoms with Gasteiger partial charge in [-0.25, -0.2) is 0 Å². The van der Waals surface area contributed by atoms with Crippen LogP contribution in [-0.2, 0) is 14.3 Å². The maximum Gasteiger partial charge on any atom is 0.225 e. The van der Waals surface area contributed by atoms with Crippen LogP contribution in [0.1, 0.15) is 70.6 Å². The van der Waals surface area contributed by atoms with Crippen molar-refractivity contribution in [1.82, 2.24) is 21.3 Å². The van der Waals surface area contributed by atoms with Crippen LogP contribution in [0.4, 0.5) is 0 Å². The van der Waals surface area contributed by atoms with Crippen molar-refractivity contribution in [3.8, 4) is 0 Å². The van der Waals surface area contributed by atoms with E-state index in [1.54, 1.807) is 7.11 Å². The number of ether oxygens (including phenoxy) is 1. The minimum atomic E-state index is -0.361. The van der Waals surface area contributed by atoms with Crippen molar-refractivity contribution in [2.24, 2.45) is 33.7 Å². The van der Waals surface area contributed by atoms with Gasteiger partial charge in [0.25, 0.3) is 0 Å². The van der Waals surface area contributed by atoms with E-state index in [1.165, 1.54) is 0 Å². The summed E-state index contributed by atoms with van der Waals surface area (Å²) in [4.78, 5) is 35.8. The topological polar surface area (TPSA) is 116 Å². The SMILES string of the molecule is COC1C(C(=O)NC2CCC(C3=NCCN3)CC2)CCCC1C(=O)NC1CCC(C2=NCCN2)CC1. The van der Waals surface area contributed by atoms with Crippen LogP contribution < -0.4 is 21.3 Å². The summed E-state index contributed by atoms with van der Waals surface area (Å²) in [6.07, 6.45) is 10.3. The van der Waals surface area contributed by atoms with Crippen LogP contribution in [0.15, 0.2) is 9.98 Å². The van der Waals surface area contributed by atoms with Gasteiger partial charge in [-0.3, -0.25) is 19.6 Å². The molecule has 3 fully saturated rings. The molecule has 0 aromatic rings. The molecule has 2 aliphatic heterocycles. The van der Waals surface area contributed by atoms with Gasteiger partial charge in [-0.15, -0.1) is 0 Å². The zero-order valence-corrected chi connectivity index (χ0v) is 21.8. The molecule has 200 valence electrons. The van der Waals surface area contributed by atoms with Crippen LogP contribution in [-0.4, -0.2) is 75.0 Å². The number of carbonyl (C=O) groups is 2. The summed E-state index contributed by atoms with van der Waals surface area (Å²) in [6.45, 7) is 3.68. The van der Waals surface area contributed by atoms with Crippen molar-refractivity contribution < 1.29 is 14.3 Å². The molecule has 9 heteroatoms. The third-order valence-electron chi connectivity index (χ3n) is 9.09. The van der Waals surface area contributed by atoms with Crippen LogP contribution in [0.5, 0.6) is 0 Å². The average Bonchev–Trinajstić information content (AvgIpc) is 3.64. The fraction of sp³-hybridized carbons (Fsp3) is 0.852. The lowest BCUT2D eigenvalue weighted by Gasteiger charge is -2.38. The monoisotopic (exact) mass is 500 g/mol. The largest absolute Gasteiger partial charge is 0.380 e. The van der Waals surface area contributed by atoms with Gasteiger partial charge in [-0.1, -0.05) is 6.42 Å². The second-order valence-corrected chi connectivity index (χ2v) is 11.3. The first-order valence-corrected chi connectivity index (χ1v) is 14.3. The molecular formula is C27H44N6O3. The lowest BCUT2D eigenvalue weighted by atomic mass is 9.76. The van der Waals surface area contributed by atoms with Crippen LogP contribution in [0.25, 0.3) is 0 Å². The van der Waals surface area contributed by atoms with Crippen LogP contribution in [0.3, 0.4) is 0 Å². The summed E-state index contributed by atoms with van der Waals surface area (Å²) in [5.41, 5.74) is 0. The number of hydrogen-bond acceptors (Lipinski definition) is 7. The van der Waals surface area contributed by atoms with E-state index in [-0.39, 0.29) is 41.8 Å². The summed E-state index contributed by atoms with van der Waals surface area (Å²) in [5.74, 6) is 2.94. The van der Waals surface area contributed by atoms with Gasteiger partial charge in [0.05, 0.1) is 42.7 Å². The van der Waals surface area contributed by atoms with Crippen molar-refractivity contribution in [2.45, 2.75) is 88.8 Å². The number of rotatable bonds is 7. The maximum absolute atomic E-state index is 13.3. The third-order valence-corrected chi connectivity index (χ3v) is 9.09. The molecule has 3 saturated carbocycles. The molecule has 0 aromatic heterocycles. The van der Waals surface area contributed by atoms with Crippen LogP contribution in [0.2, 0.25) is 0 Å². The molecule has 2 heterocycles. The molecule has 0 bridgehead atoms. The summed E-state index contributed by atoms with van der Waals surface area (Å²) in [7, 11) is 1.65. The Morgan fingerprint density at radius 1 is 0.722 bits per heavy atom. The Morgan fingerprint density at radius 2 is 1.17 bits per heavy atom. The molecule has 4 N–H and O–H groups in total. The molecule has 36 heavy (non-hydrogen) atoms. The van der Waals surface area contributed by atoms with E-state index in [2.05, 4.69) is 31.3 Å². The second-order valence-electron chi connectivity index (χ2n) is 11.3. The second kappa shape index (κ2) is 11.9. The maximum atomic E-state index is 13.3. The molecule has 3 aliphatic carbocycles. The minimum absolute atomic E-state index is 0.0597. The first-order valence-electron chi connectivity index (χ1n) is 14.3. The molecule has 2 atom stereocenters. The van der Waals surface area contributed by atoms with E-state index < -0.39 is 0 Å². The Balaban J connectivity index is 1.10. The van der Waals surface area contributed by atoms with Gasteiger partial charge < -0.3 is 26.0 Å². The number of carbonyl (C=O) groups excluding carboxylic acids is 2. The number of methoxy groups -OCH3 is 1. The van der Waals surface area contributed by atoms with Gasteiger partial charge in [0.1, 0.15) is 0 Å². The summed E-state index contributed by atoms with van der Waals surface area (Å²) in [6, 6.07) is 0.410. The Morgan fingerprint density at radius 3 is 1.53 bits per heavy atom. The molecule has 2 unspecified atom stereocenters. The Labute approximate surface area is 215 Å². The number of aliphatic imine (C=N–C) groups is 2. The zero-order chi connectivity index (χ0) is 24.9. The predicted molar refractivity (Wildman–Crippen MR) is 140 cm³/mol. The Kier molecular flexibility index (Phi) is 8.44. The van der Waals surface area contributed by atoms with Crippen LogP contribution >= 0.6 is 0 Å². The number of amidine groups is 2. The first kappa shape index (κ1) is 25.5. The first-order chi connectivity index (χ1) is 17.6. The van der Waals surface area contributed by atoms with E-state index in [9.17, 15) is 9.59 Å². The highest BCUT2D eigenvalue weighted by molar-refractivity contribution is 5.87. The van der Waals surface area contributed by atoms with Gasteiger partial charge in [0, 0.05) is 44.1 Å². The number of nitrogens with zero attached hydrogens (tertiary/aromatic N) is 2. The van der Waals surface area contributed by atoms with Crippen molar-refractivity contribution in [3.05, 3.63) is 0 Å². The van der Waals surface area contributed by atoms with Gasteiger partial charge >= 0.3 is 0 Å².